The van der Waals surface area contributed by atoms with Crippen LogP contribution in [-0.2, 0) is 4.74 Å². The van der Waals surface area contributed by atoms with Crippen molar-refractivity contribution in [2.45, 2.75) is 38.5 Å². The molecule has 0 radical (unpaired) electrons. The maximum absolute atomic E-state index is 9.59. The number of nitrogens with two attached hydrogens (primary N) is 1. The zero-order chi connectivity index (χ0) is 9.19. The van der Waals surface area contributed by atoms with Crippen LogP contribution in [0.5, 0.6) is 0 Å². The van der Waals surface area contributed by atoms with E-state index in [4.69, 9.17) is 10.5 Å². The third-order valence-electron chi connectivity index (χ3n) is 1.99. The van der Waals surface area contributed by atoms with Crippen molar-refractivity contribution in [3.63, 3.8) is 0 Å². The molecule has 1 aliphatic rings. The van der Waals surface area contributed by atoms with Crippen LogP contribution in [-0.4, -0.2) is 23.5 Å². The first-order chi connectivity index (χ1) is 5.52. The van der Waals surface area contributed by atoms with Gasteiger partial charge in [0.2, 0.25) is 0 Å². The SMILES string of the molecule is CC(C)=CCCC(N)(O)C1CO1. The summed E-state index contributed by atoms with van der Waals surface area (Å²) in [5, 5.41) is 9.59. The van der Waals surface area contributed by atoms with E-state index in [1.807, 2.05) is 13.8 Å². The maximum atomic E-state index is 9.59. The number of allylic oxidation sites excluding steroid dienone is 2. The third kappa shape index (κ3) is 2.93. The fourth-order valence-corrected chi connectivity index (χ4v) is 1.09. The van der Waals surface area contributed by atoms with Gasteiger partial charge in [-0.3, -0.25) is 0 Å². The number of hydrogen-bond donors (Lipinski definition) is 2. The number of rotatable bonds is 4. The van der Waals surface area contributed by atoms with Crippen LogP contribution < -0.4 is 5.73 Å². The van der Waals surface area contributed by atoms with E-state index in [-0.39, 0.29) is 6.10 Å². The average molecular weight is 171 g/mol. The Morgan fingerprint density at radius 3 is 2.75 bits per heavy atom. The van der Waals surface area contributed by atoms with Gasteiger partial charge >= 0.3 is 0 Å². The Labute approximate surface area is 73.2 Å². The summed E-state index contributed by atoms with van der Waals surface area (Å²) in [6, 6.07) is 0. The zero-order valence-electron chi connectivity index (χ0n) is 7.71. The summed E-state index contributed by atoms with van der Waals surface area (Å²) >= 11 is 0. The molecule has 0 aliphatic carbocycles. The Bertz CT molecular complexity index is 179. The van der Waals surface area contributed by atoms with E-state index in [2.05, 4.69) is 6.08 Å². The van der Waals surface area contributed by atoms with Crippen molar-refractivity contribution in [1.29, 1.82) is 0 Å². The molecule has 0 aromatic carbocycles. The summed E-state index contributed by atoms with van der Waals surface area (Å²) in [5.74, 6) is 0. The van der Waals surface area contributed by atoms with Crippen LogP contribution >= 0.6 is 0 Å². The van der Waals surface area contributed by atoms with Gasteiger partial charge in [-0.2, -0.15) is 0 Å². The van der Waals surface area contributed by atoms with E-state index in [0.29, 0.717) is 13.0 Å². The summed E-state index contributed by atoms with van der Waals surface area (Å²) in [6.07, 6.45) is 3.32. The molecule has 0 aromatic heterocycles. The Morgan fingerprint density at radius 1 is 1.75 bits per heavy atom. The summed E-state index contributed by atoms with van der Waals surface area (Å²) in [7, 11) is 0. The molecule has 0 spiro atoms. The highest BCUT2D eigenvalue weighted by Gasteiger charge is 2.41. The Morgan fingerprint density at radius 2 is 2.33 bits per heavy atom. The third-order valence-corrected chi connectivity index (χ3v) is 1.99. The van der Waals surface area contributed by atoms with E-state index in [1.165, 1.54) is 5.57 Å². The molecular weight excluding hydrogens is 154 g/mol. The predicted octanol–water partition coefficient (Wildman–Crippen LogP) is 0.779. The molecule has 1 saturated heterocycles. The quantitative estimate of drug-likeness (QED) is 0.373. The molecule has 12 heavy (non-hydrogen) atoms. The van der Waals surface area contributed by atoms with Gasteiger partial charge in [-0.25, -0.2) is 0 Å². The summed E-state index contributed by atoms with van der Waals surface area (Å²) < 4.78 is 4.94. The van der Waals surface area contributed by atoms with Crippen molar-refractivity contribution in [3.8, 4) is 0 Å². The molecule has 2 unspecified atom stereocenters. The van der Waals surface area contributed by atoms with Gasteiger partial charge in [0, 0.05) is 0 Å². The maximum Gasteiger partial charge on any atom is 0.142 e. The molecule has 3 nitrogen and oxygen atoms in total. The van der Waals surface area contributed by atoms with Crippen LogP contribution in [0.1, 0.15) is 26.7 Å². The first-order valence-electron chi connectivity index (χ1n) is 4.28. The molecule has 70 valence electrons. The van der Waals surface area contributed by atoms with E-state index in [0.717, 1.165) is 6.42 Å². The summed E-state index contributed by atoms with van der Waals surface area (Å²) in [4.78, 5) is 0. The lowest BCUT2D eigenvalue weighted by Crippen LogP contribution is -2.45. The Kier molecular flexibility index (Phi) is 2.88. The molecule has 1 heterocycles. The average Bonchev–Trinajstić information content (AvgIpc) is 2.65. The van der Waals surface area contributed by atoms with Gasteiger partial charge in [-0.15, -0.1) is 0 Å². The van der Waals surface area contributed by atoms with Gasteiger partial charge in [-0.1, -0.05) is 11.6 Å². The van der Waals surface area contributed by atoms with Gasteiger partial charge < -0.3 is 15.6 Å². The van der Waals surface area contributed by atoms with Crippen molar-refractivity contribution in [1.82, 2.24) is 0 Å². The number of aliphatic hydroxyl groups is 1. The largest absolute Gasteiger partial charge is 0.373 e. The van der Waals surface area contributed by atoms with Gasteiger partial charge in [-0.05, 0) is 26.7 Å². The molecule has 1 aliphatic heterocycles. The number of hydrogen-bond acceptors (Lipinski definition) is 3. The molecule has 2 atom stereocenters. The summed E-state index contributed by atoms with van der Waals surface area (Å²) in [6.45, 7) is 4.66. The predicted molar refractivity (Wildman–Crippen MR) is 47.5 cm³/mol. The van der Waals surface area contributed by atoms with Crippen LogP contribution in [0.4, 0.5) is 0 Å². The second-order valence-corrected chi connectivity index (χ2v) is 3.63. The lowest BCUT2D eigenvalue weighted by Gasteiger charge is -2.19. The van der Waals surface area contributed by atoms with Gasteiger partial charge in [0.05, 0.1) is 6.61 Å². The molecule has 3 heteroatoms. The Hall–Kier alpha value is -0.380. The standard InChI is InChI=1S/C9H17NO2/c1-7(2)4-3-5-9(10,11)8-6-12-8/h4,8,11H,3,5-6,10H2,1-2H3. The van der Waals surface area contributed by atoms with E-state index in [9.17, 15) is 5.11 Å². The van der Waals surface area contributed by atoms with Gasteiger partial charge in [0.25, 0.3) is 0 Å². The minimum atomic E-state index is -1.12. The van der Waals surface area contributed by atoms with Crippen molar-refractivity contribution in [3.05, 3.63) is 11.6 Å². The minimum Gasteiger partial charge on any atom is -0.373 e. The van der Waals surface area contributed by atoms with Crippen molar-refractivity contribution in [2.24, 2.45) is 5.73 Å². The highest BCUT2D eigenvalue weighted by Crippen LogP contribution is 2.24. The Balaban J connectivity index is 2.25. The lowest BCUT2D eigenvalue weighted by atomic mass is 10.0. The normalized spacial score (nSPS) is 26.2. The first kappa shape index (κ1) is 9.71. The van der Waals surface area contributed by atoms with Crippen molar-refractivity contribution in [2.75, 3.05) is 6.61 Å². The molecule has 0 saturated carbocycles. The molecule has 1 rings (SSSR count). The van der Waals surface area contributed by atoms with Crippen LogP contribution in [0.3, 0.4) is 0 Å². The molecule has 0 amide bonds. The second kappa shape index (κ2) is 3.56. The topological polar surface area (TPSA) is 58.8 Å². The van der Waals surface area contributed by atoms with E-state index >= 15 is 0 Å². The fraction of sp³-hybridized carbons (Fsp3) is 0.778. The number of epoxide rings is 1. The molecule has 1 fully saturated rings. The number of ether oxygens (including phenoxy) is 1. The van der Waals surface area contributed by atoms with Gasteiger partial charge in [0.15, 0.2) is 0 Å². The van der Waals surface area contributed by atoms with Crippen molar-refractivity contribution >= 4 is 0 Å². The summed E-state index contributed by atoms with van der Waals surface area (Å²) in [5.41, 5.74) is 5.74. The smallest absolute Gasteiger partial charge is 0.142 e. The highest BCUT2D eigenvalue weighted by molar-refractivity contribution is 4.96. The van der Waals surface area contributed by atoms with Gasteiger partial charge in [0.1, 0.15) is 11.8 Å². The van der Waals surface area contributed by atoms with Crippen LogP contribution in [0.15, 0.2) is 11.6 Å². The molecule has 0 bridgehead atoms. The zero-order valence-corrected chi connectivity index (χ0v) is 7.71. The second-order valence-electron chi connectivity index (χ2n) is 3.63. The monoisotopic (exact) mass is 171 g/mol. The fourth-order valence-electron chi connectivity index (χ4n) is 1.09. The van der Waals surface area contributed by atoms with E-state index in [1.54, 1.807) is 0 Å². The molecular formula is C9H17NO2. The van der Waals surface area contributed by atoms with Crippen LogP contribution in [0, 0.1) is 0 Å². The van der Waals surface area contributed by atoms with Crippen molar-refractivity contribution < 1.29 is 9.84 Å². The molecule has 3 N–H and O–H groups in total. The minimum absolute atomic E-state index is 0.136. The molecule has 0 aromatic rings. The highest BCUT2D eigenvalue weighted by atomic mass is 16.6. The van der Waals surface area contributed by atoms with Crippen LogP contribution in [0.25, 0.3) is 0 Å². The van der Waals surface area contributed by atoms with Crippen LogP contribution in [0.2, 0.25) is 0 Å². The first-order valence-corrected chi connectivity index (χ1v) is 4.28. The van der Waals surface area contributed by atoms with E-state index < -0.39 is 5.72 Å². The lowest BCUT2D eigenvalue weighted by molar-refractivity contribution is 0.0105.